The van der Waals surface area contributed by atoms with Gasteiger partial charge in [-0.2, -0.15) is 0 Å². The van der Waals surface area contributed by atoms with E-state index in [1.54, 1.807) is 0 Å². The first-order chi connectivity index (χ1) is 3.89. The van der Waals surface area contributed by atoms with Crippen molar-refractivity contribution in [3.63, 3.8) is 0 Å². The van der Waals surface area contributed by atoms with E-state index in [1.807, 2.05) is 0 Å². The van der Waals surface area contributed by atoms with Crippen molar-refractivity contribution in [2.24, 2.45) is 0 Å². The van der Waals surface area contributed by atoms with Gasteiger partial charge in [0.2, 0.25) is 0 Å². The van der Waals surface area contributed by atoms with Crippen LogP contribution in [0.4, 0.5) is 0 Å². The van der Waals surface area contributed by atoms with Gasteiger partial charge >= 0.3 is 0 Å². The van der Waals surface area contributed by atoms with E-state index in [9.17, 15) is 0 Å². The van der Waals surface area contributed by atoms with E-state index in [2.05, 4.69) is 27.9 Å². The lowest BCUT2D eigenvalue weighted by Gasteiger charge is -2.01. The SMILES string of the molecule is IC1CNCCOC1. The van der Waals surface area contributed by atoms with Gasteiger partial charge in [0.1, 0.15) is 0 Å². The van der Waals surface area contributed by atoms with Crippen molar-refractivity contribution in [2.75, 3.05) is 26.3 Å². The lowest BCUT2D eigenvalue weighted by atomic mass is 10.5. The predicted molar refractivity (Wildman–Crippen MR) is 41.5 cm³/mol. The Morgan fingerprint density at radius 2 is 2.50 bits per heavy atom. The van der Waals surface area contributed by atoms with E-state index >= 15 is 0 Å². The standard InChI is InChI=1S/C5H10INO/c6-5-3-7-1-2-8-4-5/h5,7H,1-4H2. The second-order valence-electron chi connectivity index (χ2n) is 1.88. The molecule has 1 N–H and O–H groups in total. The number of rotatable bonds is 0. The summed E-state index contributed by atoms with van der Waals surface area (Å²) in [6.45, 7) is 3.90. The molecule has 2 nitrogen and oxygen atoms in total. The molecule has 1 saturated heterocycles. The molecule has 0 radical (unpaired) electrons. The van der Waals surface area contributed by atoms with Gasteiger partial charge in [-0.1, -0.05) is 22.6 Å². The fraction of sp³-hybridized carbons (Fsp3) is 1.00. The van der Waals surface area contributed by atoms with Crippen LogP contribution < -0.4 is 5.32 Å². The zero-order chi connectivity index (χ0) is 5.82. The molecule has 3 heteroatoms. The first kappa shape index (κ1) is 6.77. The van der Waals surface area contributed by atoms with Gasteiger partial charge in [0, 0.05) is 17.0 Å². The van der Waals surface area contributed by atoms with Gasteiger partial charge < -0.3 is 10.1 Å². The normalized spacial score (nSPS) is 31.9. The van der Waals surface area contributed by atoms with Crippen molar-refractivity contribution in [2.45, 2.75) is 3.92 Å². The van der Waals surface area contributed by atoms with Crippen LogP contribution in [-0.4, -0.2) is 30.2 Å². The average Bonchev–Trinajstić information content (AvgIpc) is 1.94. The molecule has 1 rings (SSSR count). The Morgan fingerprint density at radius 3 is 3.38 bits per heavy atom. The van der Waals surface area contributed by atoms with E-state index in [0.717, 1.165) is 26.3 Å². The van der Waals surface area contributed by atoms with Crippen LogP contribution >= 0.6 is 22.6 Å². The van der Waals surface area contributed by atoms with Crippen LogP contribution in [0.3, 0.4) is 0 Å². The molecular weight excluding hydrogens is 217 g/mol. The number of alkyl halides is 1. The number of hydrogen-bond donors (Lipinski definition) is 1. The summed E-state index contributed by atoms with van der Waals surface area (Å²) < 4.78 is 5.90. The highest BCUT2D eigenvalue weighted by Crippen LogP contribution is 2.00. The molecule has 1 unspecified atom stereocenters. The Labute approximate surface area is 63.1 Å². The average molecular weight is 227 g/mol. The maximum absolute atomic E-state index is 5.24. The maximum Gasteiger partial charge on any atom is 0.0596 e. The third kappa shape index (κ3) is 2.28. The molecule has 0 aromatic carbocycles. The van der Waals surface area contributed by atoms with E-state index in [-0.39, 0.29) is 0 Å². The van der Waals surface area contributed by atoms with Crippen molar-refractivity contribution in [3.05, 3.63) is 0 Å². The second-order valence-corrected chi connectivity index (χ2v) is 3.64. The van der Waals surface area contributed by atoms with Crippen LogP contribution in [-0.2, 0) is 4.74 Å². The Balaban J connectivity index is 2.17. The minimum Gasteiger partial charge on any atom is -0.379 e. The Kier molecular flexibility index (Phi) is 3.07. The van der Waals surface area contributed by atoms with Crippen molar-refractivity contribution in [3.8, 4) is 0 Å². The molecule has 1 heterocycles. The molecule has 0 amide bonds. The smallest absolute Gasteiger partial charge is 0.0596 e. The van der Waals surface area contributed by atoms with Gasteiger partial charge in [0.05, 0.1) is 13.2 Å². The summed E-state index contributed by atoms with van der Waals surface area (Å²) in [5, 5.41) is 3.26. The molecule has 1 aliphatic heterocycles. The first-order valence-electron chi connectivity index (χ1n) is 2.82. The van der Waals surface area contributed by atoms with Crippen LogP contribution in [0.25, 0.3) is 0 Å². The Bertz CT molecular complexity index is 61.4. The summed E-state index contributed by atoms with van der Waals surface area (Å²) >= 11 is 2.39. The summed E-state index contributed by atoms with van der Waals surface area (Å²) in [5.41, 5.74) is 0. The maximum atomic E-state index is 5.24. The molecule has 0 spiro atoms. The summed E-state index contributed by atoms with van der Waals surface area (Å²) in [6, 6.07) is 0. The van der Waals surface area contributed by atoms with Crippen molar-refractivity contribution in [1.29, 1.82) is 0 Å². The van der Waals surface area contributed by atoms with Gasteiger partial charge in [0.25, 0.3) is 0 Å². The van der Waals surface area contributed by atoms with E-state index in [0.29, 0.717) is 3.92 Å². The van der Waals surface area contributed by atoms with Gasteiger partial charge in [-0.05, 0) is 0 Å². The summed E-state index contributed by atoms with van der Waals surface area (Å²) in [6.07, 6.45) is 0. The van der Waals surface area contributed by atoms with Crippen LogP contribution in [0.5, 0.6) is 0 Å². The minimum atomic E-state index is 0.662. The number of halogens is 1. The fourth-order valence-electron chi connectivity index (χ4n) is 0.673. The van der Waals surface area contributed by atoms with Crippen LogP contribution in [0.1, 0.15) is 0 Å². The lowest BCUT2D eigenvalue weighted by Crippen LogP contribution is -2.22. The molecule has 0 aromatic rings. The molecule has 1 aliphatic rings. The highest BCUT2D eigenvalue weighted by atomic mass is 127. The molecule has 1 atom stereocenters. The third-order valence-corrected chi connectivity index (χ3v) is 1.89. The Hall–Kier alpha value is 0.650. The van der Waals surface area contributed by atoms with Gasteiger partial charge in [0.15, 0.2) is 0 Å². The number of nitrogens with one attached hydrogen (secondary N) is 1. The topological polar surface area (TPSA) is 21.3 Å². The minimum absolute atomic E-state index is 0.662. The summed E-state index contributed by atoms with van der Waals surface area (Å²) in [7, 11) is 0. The Morgan fingerprint density at radius 1 is 1.62 bits per heavy atom. The van der Waals surface area contributed by atoms with Gasteiger partial charge in [-0.3, -0.25) is 0 Å². The monoisotopic (exact) mass is 227 g/mol. The van der Waals surface area contributed by atoms with E-state index in [1.165, 1.54) is 0 Å². The predicted octanol–water partition coefficient (Wildman–Crippen LogP) is 0.410. The lowest BCUT2D eigenvalue weighted by molar-refractivity contribution is 0.156. The second kappa shape index (κ2) is 3.63. The van der Waals surface area contributed by atoms with Crippen molar-refractivity contribution >= 4 is 22.6 Å². The van der Waals surface area contributed by atoms with Crippen molar-refractivity contribution in [1.82, 2.24) is 5.32 Å². The molecule has 8 heavy (non-hydrogen) atoms. The van der Waals surface area contributed by atoms with Crippen LogP contribution in [0.2, 0.25) is 0 Å². The zero-order valence-electron chi connectivity index (χ0n) is 4.69. The number of ether oxygens (including phenoxy) is 1. The van der Waals surface area contributed by atoms with Crippen LogP contribution in [0, 0.1) is 0 Å². The highest BCUT2D eigenvalue weighted by molar-refractivity contribution is 14.1. The molecule has 0 bridgehead atoms. The fourth-order valence-corrected chi connectivity index (χ4v) is 1.24. The van der Waals surface area contributed by atoms with Crippen LogP contribution in [0.15, 0.2) is 0 Å². The molecule has 0 saturated carbocycles. The molecule has 48 valence electrons. The quantitative estimate of drug-likeness (QED) is 0.478. The highest BCUT2D eigenvalue weighted by Gasteiger charge is 2.05. The van der Waals surface area contributed by atoms with E-state index in [4.69, 9.17) is 4.74 Å². The largest absolute Gasteiger partial charge is 0.379 e. The van der Waals surface area contributed by atoms with Crippen molar-refractivity contribution < 1.29 is 4.74 Å². The van der Waals surface area contributed by atoms with Gasteiger partial charge in [-0.15, -0.1) is 0 Å². The summed E-state index contributed by atoms with van der Waals surface area (Å²) in [5.74, 6) is 0. The van der Waals surface area contributed by atoms with Gasteiger partial charge in [-0.25, -0.2) is 0 Å². The zero-order valence-corrected chi connectivity index (χ0v) is 6.85. The number of hydrogen-bond acceptors (Lipinski definition) is 2. The molecule has 0 aromatic heterocycles. The molecular formula is C5H10INO. The van der Waals surface area contributed by atoms with E-state index < -0.39 is 0 Å². The summed E-state index contributed by atoms with van der Waals surface area (Å²) in [4.78, 5) is 0. The molecule has 1 fully saturated rings. The third-order valence-electron chi connectivity index (χ3n) is 1.09. The molecule has 0 aliphatic carbocycles. The first-order valence-corrected chi connectivity index (χ1v) is 4.06.